The van der Waals surface area contributed by atoms with Crippen LogP contribution in [0.2, 0.25) is 0 Å². The number of benzene rings is 1. The maximum Gasteiger partial charge on any atom is 0.339 e. The minimum absolute atomic E-state index is 0.0426. The maximum atomic E-state index is 12.2. The largest absolute Gasteiger partial charge is 0.496 e. The molecule has 0 aromatic heterocycles. The zero-order chi connectivity index (χ0) is 13.8. The van der Waals surface area contributed by atoms with Crippen molar-refractivity contribution in [2.75, 3.05) is 33.4 Å². The number of carbonyl (C=O) groups excluding carboxylic acids is 1. The fourth-order valence-electron chi connectivity index (χ4n) is 1.95. The summed E-state index contributed by atoms with van der Waals surface area (Å²) in [5.41, 5.74) is 0.463. The molecule has 0 spiro atoms. The van der Waals surface area contributed by atoms with Gasteiger partial charge in [0.25, 0.3) is 5.91 Å². The first kappa shape index (κ1) is 13.4. The summed E-state index contributed by atoms with van der Waals surface area (Å²) in [6, 6.07) is 4.35. The van der Waals surface area contributed by atoms with Gasteiger partial charge in [-0.05, 0) is 18.2 Å². The Morgan fingerprint density at radius 2 is 2.00 bits per heavy atom. The van der Waals surface area contributed by atoms with Crippen LogP contribution in [0.15, 0.2) is 18.2 Å². The number of hydrogen-bond acceptors (Lipinski definition) is 4. The summed E-state index contributed by atoms with van der Waals surface area (Å²) in [6.07, 6.45) is 0. The van der Waals surface area contributed by atoms with E-state index in [0.717, 1.165) is 0 Å². The molecule has 6 nitrogen and oxygen atoms in total. The van der Waals surface area contributed by atoms with E-state index in [0.29, 0.717) is 31.9 Å². The van der Waals surface area contributed by atoms with E-state index in [1.807, 2.05) is 0 Å². The number of methoxy groups -OCH3 is 1. The van der Waals surface area contributed by atoms with E-state index in [9.17, 15) is 9.59 Å². The van der Waals surface area contributed by atoms with Crippen molar-refractivity contribution in [1.29, 1.82) is 0 Å². The predicted octanol–water partition coefficient (Wildman–Crippen LogP) is 0.866. The third kappa shape index (κ3) is 2.85. The average molecular weight is 265 g/mol. The number of rotatable bonds is 3. The molecule has 1 fully saturated rings. The number of nitrogens with zero attached hydrogens (tertiary/aromatic N) is 1. The standard InChI is InChI=1S/C13H15NO5/c1-18-11-8-9(2-3-10(11)13(16)17)12(15)14-4-6-19-7-5-14/h2-3,8H,4-7H2,1H3,(H,16,17). The first-order chi connectivity index (χ1) is 9.13. The van der Waals surface area contributed by atoms with Crippen LogP contribution in [0.4, 0.5) is 0 Å². The molecule has 0 radical (unpaired) electrons. The molecule has 6 heteroatoms. The highest BCUT2D eigenvalue weighted by molar-refractivity contribution is 5.97. The van der Waals surface area contributed by atoms with Crippen LogP contribution in [0, 0.1) is 0 Å². The average Bonchev–Trinajstić information content (AvgIpc) is 2.46. The lowest BCUT2D eigenvalue weighted by molar-refractivity contribution is 0.0302. The van der Waals surface area contributed by atoms with Gasteiger partial charge < -0.3 is 19.5 Å². The van der Waals surface area contributed by atoms with Gasteiger partial charge in [-0.25, -0.2) is 4.79 Å². The summed E-state index contributed by atoms with van der Waals surface area (Å²) < 4.78 is 10.2. The maximum absolute atomic E-state index is 12.2. The van der Waals surface area contributed by atoms with Gasteiger partial charge in [-0.2, -0.15) is 0 Å². The molecule has 1 N–H and O–H groups in total. The van der Waals surface area contributed by atoms with Gasteiger partial charge in [0, 0.05) is 18.7 Å². The Labute approximate surface area is 110 Å². The molecule has 0 atom stereocenters. The first-order valence-corrected chi connectivity index (χ1v) is 5.92. The lowest BCUT2D eigenvalue weighted by Crippen LogP contribution is -2.40. The molecule has 1 heterocycles. The van der Waals surface area contributed by atoms with Crippen LogP contribution in [-0.2, 0) is 4.74 Å². The van der Waals surface area contributed by atoms with Gasteiger partial charge in [-0.3, -0.25) is 4.79 Å². The second kappa shape index (κ2) is 5.71. The Morgan fingerprint density at radius 1 is 1.32 bits per heavy atom. The molecule has 2 rings (SSSR count). The van der Waals surface area contributed by atoms with E-state index >= 15 is 0 Å². The molecule has 0 unspecified atom stereocenters. The molecule has 0 bridgehead atoms. The molecule has 1 saturated heterocycles. The van der Waals surface area contributed by atoms with Gasteiger partial charge in [-0.15, -0.1) is 0 Å². The number of aromatic carboxylic acids is 1. The third-order valence-corrected chi connectivity index (χ3v) is 2.98. The summed E-state index contributed by atoms with van der Waals surface area (Å²) in [4.78, 5) is 24.9. The van der Waals surface area contributed by atoms with Crippen molar-refractivity contribution in [2.24, 2.45) is 0 Å². The highest BCUT2D eigenvalue weighted by atomic mass is 16.5. The molecule has 1 aliphatic rings. The topological polar surface area (TPSA) is 76.1 Å². The van der Waals surface area contributed by atoms with Gasteiger partial charge in [0.1, 0.15) is 11.3 Å². The third-order valence-electron chi connectivity index (χ3n) is 2.98. The van der Waals surface area contributed by atoms with Crippen LogP contribution in [-0.4, -0.2) is 55.3 Å². The molecular weight excluding hydrogens is 250 g/mol. The molecular formula is C13H15NO5. The van der Waals surface area contributed by atoms with E-state index in [4.69, 9.17) is 14.6 Å². The number of ether oxygens (including phenoxy) is 2. The van der Waals surface area contributed by atoms with Crippen LogP contribution in [0.1, 0.15) is 20.7 Å². The van der Waals surface area contributed by atoms with Crippen molar-refractivity contribution >= 4 is 11.9 Å². The second-order valence-electron chi connectivity index (χ2n) is 4.12. The normalized spacial score (nSPS) is 15.1. The van der Waals surface area contributed by atoms with E-state index in [1.165, 1.54) is 25.3 Å². The number of hydrogen-bond donors (Lipinski definition) is 1. The second-order valence-corrected chi connectivity index (χ2v) is 4.12. The fraction of sp³-hybridized carbons (Fsp3) is 0.385. The molecule has 0 aliphatic carbocycles. The summed E-state index contributed by atoms with van der Waals surface area (Å²) in [7, 11) is 1.38. The van der Waals surface area contributed by atoms with Gasteiger partial charge in [0.05, 0.1) is 20.3 Å². The highest BCUT2D eigenvalue weighted by Crippen LogP contribution is 2.21. The predicted molar refractivity (Wildman–Crippen MR) is 66.7 cm³/mol. The number of carbonyl (C=O) groups is 2. The molecule has 1 amide bonds. The minimum atomic E-state index is -1.08. The number of carboxylic acid groups (broad SMARTS) is 1. The minimum Gasteiger partial charge on any atom is -0.496 e. The van der Waals surface area contributed by atoms with Gasteiger partial charge in [0.15, 0.2) is 0 Å². The monoisotopic (exact) mass is 265 g/mol. The summed E-state index contributed by atoms with van der Waals surface area (Å²) in [5, 5.41) is 8.98. The zero-order valence-corrected chi connectivity index (χ0v) is 10.6. The molecule has 19 heavy (non-hydrogen) atoms. The van der Waals surface area contributed by atoms with Crippen molar-refractivity contribution in [3.8, 4) is 5.75 Å². The summed E-state index contributed by atoms with van der Waals surface area (Å²) in [5.74, 6) is -1.03. The Hall–Kier alpha value is -2.08. The van der Waals surface area contributed by atoms with E-state index < -0.39 is 5.97 Å². The van der Waals surface area contributed by atoms with Crippen LogP contribution in [0.3, 0.4) is 0 Å². The van der Waals surface area contributed by atoms with Crippen LogP contribution < -0.4 is 4.74 Å². The quantitative estimate of drug-likeness (QED) is 0.877. The Bertz CT molecular complexity index is 494. The van der Waals surface area contributed by atoms with Crippen molar-refractivity contribution < 1.29 is 24.2 Å². The van der Waals surface area contributed by atoms with Gasteiger partial charge in [0.2, 0.25) is 0 Å². The highest BCUT2D eigenvalue weighted by Gasteiger charge is 2.20. The number of carboxylic acids is 1. The van der Waals surface area contributed by atoms with Crippen LogP contribution >= 0.6 is 0 Å². The van der Waals surface area contributed by atoms with Crippen molar-refractivity contribution in [2.45, 2.75) is 0 Å². The summed E-state index contributed by atoms with van der Waals surface area (Å²) in [6.45, 7) is 2.13. The van der Waals surface area contributed by atoms with E-state index in [2.05, 4.69) is 0 Å². The number of amides is 1. The Morgan fingerprint density at radius 3 is 2.58 bits per heavy atom. The van der Waals surface area contributed by atoms with Crippen LogP contribution in [0.5, 0.6) is 5.75 Å². The van der Waals surface area contributed by atoms with Crippen LogP contribution in [0.25, 0.3) is 0 Å². The lowest BCUT2D eigenvalue weighted by Gasteiger charge is -2.27. The first-order valence-electron chi connectivity index (χ1n) is 5.92. The molecule has 1 aromatic rings. The summed E-state index contributed by atoms with van der Waals surface area (Å²) >= 11 is 0. The number of morpholine rings is 1. The van der Waals surface area contributed by atoms with Gasteiger partial charge in [-0.1, -0.05) is 0 Å². The molecule has 102 valence electrons. The lowest BCUT2D eigenvalue weighted by atomic mass is 10.1. The fourth-order valence-corrected chi connectivity index (χ4v) is 1.95. The molecule has 1 aliphatic heterocycles. The smallest absolute Gasteiger partial charge is 0.339 e. The zero-order valence-electron chi connectivity index (χ0n) is 10.6. The molecule has 0 saturated carbocycles. The van der Waals surface area contributed by atoms with Crippen molar-refractivity contribution in [1.82, 2.24) is 4.90 Å². The molecule has 1 aromatic carbocycles. The van der Waals surface area contributed by atoms with E-state index in [1.54, 1.807) is 4.90 Å². The van der Waals surface area contributed by atoms with E-state index in [-0.39, 0.29) is 17.2 Å². The Balaban J connectivity index is 2.24. The van der Waals surface area contributed by atoms with Gasteiger partial charge >= 0.3 is 5.97 Å². The Kier molecular flexibility index (Phi) is 4.01. The van der Waals surface area contributed by atoms with Crippen molar-refractivity contribution in [3.05, 3.63) is 29.3 Å². The van der Waals surface area contributed by atoms with Crippen molar-refractivity contribution in [3.63, 3.8) is 0 Å². The SMILES string of the molecule is COc1cc(C(=O)N2CCOCC2)ccc1C(=O)O.